The van der Waals surface area contributed by atoms with Gasteiger partial charge in [-0.05, 0) is 37.8 Å². The summed E-state index contributed by atoms with van der Waals surface area (Å²) in [5.74, 6) is 1.82. The molecule has 0 radical (unpaired) electrons. The molecule has 3 saturated heterocycles. The van der Waals surface area contributed by atoms with Crippen LogP contribution in [0.25, 0.3) is 0 Å². The van der Waals surface area contributed by atoms with E-state index in [1.165, 1.54) is 0 Å². The Hall–Kier alpha value is -1.18. The van der Waals surface area contributed by atoms with Crippen molar-refractivity contribution in [1.29, 1.82) is 0 Å². The lowest BCUT2D eigenvalue weighted by molar-refractivity contribution is 0.0142. The van der Waals surface area contributed by atoms with Crippen LogP contribution in [0.4, 0.5) is 5.82 Å². The van der Waals surface area contributed by atoms with Gasteiger partial charge in [0.05, 0.1) is 17.5 Å². The van der Waals surface area contributed by atoms with E-state index in [1.807, 2.05) is 20.0 Å². The number of hydrogen-bond acceptors (Lipinski definition) is 5. The SMILES string of the molecule is CCCS(=O)(=O)NC[C@H]1[C@H]2CN(c3ccc(C)cn3)C[C@]23CC[C@H]1O3. The van der Waals surface area contributed by atoms with Crippen LogP contribution in [-0.2, 0) is 14.8 Å². The predicted octanol–water partition coefficient (Wildman–Crippen LogP) is 1.70. The van der Waals surface area contributed by atoms with Crippen LogP contribution in [0, 0.1) is 18.8 Å². The summed E-state index contributed by atoms with van der Waals surface area (Å²) >= 11 is 0. The molecule has 0 aromatic carbocycles. The van der Waals surface area contributed by atoms with E-state index in [9.17, 15) is 8.42 Å². The Labute approximate surface area is 150 Å². The first-order valence-corrected chi connectivity index (χ1v) is 10.9. The van der Waals surface area contributed by atoms with Gasteiger partial charge >= 0.3 is 0 Å². The molecule has 6 nitrogen and oxygen atoms in total. The molecule has 1 aromatic heterocycles. The van der Waals surface area contributed by atoms with E-state index < -0.39 is 10.0 Å². The zero-order valence-electron chi connectivity index (χ0n) is 14.9. The average Bonchev–Trinajstić information content (AvgIpc) is 3.21. The second-order valence-electron chi connectivity index (χ2n) is 7.77. The lowest BCUT2D eigenvalue weighted by Crippen LogP contribution is -2.42. The van der Waals surface area contributed by atoms with Gasteiger partial charge in [0.2, 0.25) is 10.0 Å². The maximum atomic E-state index is 12.0. The molecule has 2 bridgehead atoms. The zero-order chi connectivity index (χ0) is 17.7. The van der Waals surface area contributed by atoms with Crippen LogP contribution in [-0.4, -0.2) is 50.5 Å². The minimum Gasteiger partial charge on any atom is -0.369 e. The number of anilines is 1. The maximum Gasteiger partial charge on any atom is 0.211 e. The molecule has 1 N–H and O–H groups in total. The molecule has 1 aromatic rings. The molecule has 4 rings (SSSR count). The molecule has 3 aliphatic heterocycles. The van der Waals surface area contributed by atoms with Gasteiger partial charge in [0.1, 0.15) is 5.82 Å². The third-order valence-electron chi connectivity index (χ3n) is 6.02. The minimum absolute atomic E-state index is 0.113. The van der Waals surface area contributed by atoms with Gasteiger partial charge in [-0.1, -0.05) is 13.0 Å². The lowest BCUT2D eigenvalue weighted by atomic mass is 9.74. The molecule has 1 spiro atoms. The van der Waals surface area contributed by atoms with E-state index in [0.717, 1.165) is 37.3 Å². The summed E-state index contributed by atoms with van der Waals surface area (Å²) in [7, 11) is -3.17. The average molecular weight is 365 g/mol. The fraction of sp³-hybridized carbons (Fsp3) is 0.722. The van der Waals surface area contributed by atoms with Crippen LogP contribution < -0.4 is 9.62 Å². The van der Waals surface area contributed by atoms with Gasteiger partial charge in [0.15, 0.2) is 0 Å². The first kappa shape index (κ1) is 17.2. The molecule has 138 valence electrons. The van der Waals surface area contributed by atoms with Gasteiger partial charge in [0.25, 0.3) is 0 Å². The highest BCUT2D eigenvalue weighted by Gasteiger charge is 2.63. The van der Waals surface area contributed by atoms with Crippen molar-refractivity contribution in [3.8, 4) is 0 Å². The number of aromatic nitrogens is 1. The molecular weight excluding hydrogens is 338 g/mol. The quantitative estimate of drug-likeness (QED) is 0.831. The van der Waals surface area contributed by atoms with E-state index in [-0.39, 0.29) is 23.4 Å². The van der Waals surface area contributed by atoms with Crippen molar-refractivity contribution in [2.45, 2.75) is 44.8 Å². The number of nitrogens with zero attached hydrogens (tertiary/aromatic N) is 2. The van der Waals surface area contributed by atoms with Crippen LogP contribution >= 0.6 is 0 Å². The topological polar surface area (TPSA) is 71.5 Å². The number of ether oxygens (including phenoxy) is 1. The van der Waals surface area contributed by atoms with Crippen LogP contribution in [0.2, 0.25) is 0 Å². The summed E-state index contributed by atoms with van der Waals surface area (Å²) in [5, 5.41) is 0. The van der Waals surface area contributed by atoms with Gasteiger partial charge in [-0.15, -0.1) is 0 Å². The first-order chi connectivity index (χ1) is 11.9. The molecular formula is C18H27N3O3S. The van der Waals surface area contributed by atoms with Crippen molar-refractivity contribution < 1.29 is 13.2 Å². The lowest BCUT2D eigenvalue weighted by Gasteiger charge is -2.29. The Morgan fingerprint density at radius 3 is 3.00 bits per heavy atom. The highest BCUT2D eigenvalue weighted by Crippen LogP contribution is 2.55. The molecule has 0 amide bonds. The second kappa shape index (κ2) is 6.21. The smallest absolute Gasteiger partial charge is 0.211 e. The predicted molar refractivity (Wildman–Crippen MR) is 97.1 cm³/mol. The maximum absolute atomic E-state index is 12.0. The molecule has 3 aliphatic rings. The van der Waals surface area contributed by atoms with Crippen LogP contribution in [0.3, 0.4) is 0 Å². The molecule has 4 heterocycles. The van der Waals surface area contributed by atoms with Gasteiger partial charge in [-0.2, -0.15) is 0 Å². The third kappa shape index (κ3) is 3.06. The summed E-state index contributed by atoms with van der Waals surface area (Å²) in [6, 6.07) is 4.15. The van der Waals surface area contributed by atoms with E-state index in [4.69, 9.17) is 4.74 Å². The molecule has 25 heavy (non-hydrogen) atoms. The monoisotopic (exact) mass is 365 g/mol. The van der Waals surface area contributed by atoms with Crippen LogP contribution in [0.1, 0.15) is 31.7 Å². The van der Waals surface area contributed by atoms with Gasteiger partial charge in [-0.25, -0.2) is 18.1 Å². The molecule has 0 aliphatic carbocycles. The fourth-order valence-electron chi connectivity index (χ4n) is 4.85. The zero-order valence-corrected chi connectivity index (χ0v) is 15.8. The minimum atomic E-state index is -3.17. The summed E-state index contributed by atoms with van der Waals surface area (Å²) in [4.78, 5) is 6.86. The summed E-state index contributed by atoms with van der Waals surface area (Å²) < 4.78 is 33.3. The van der Waals surface area contributed by atoms with Gasteiger partial charge in [-0.3, -0.25) is 0 Å². The molecule has 0 saturated carbocycles. The standard InChI is InChI=1S/C18H27N3O3S/c1-3-8-25(22,23)20-10-14-15-11-21(17-5-4-13(2)9-19-17)12-18(15)7-6-16(14)24-18/h4-5,9,14-16,20H,3,6-8,10-12H2,1-2H3/t14-,15+,16+,18+/m0/s1. The van der Waals surface area contributed by atoms with E-state index in [2.05, 4.69) is 26.7 Å². The van der Waals surface area contributed by atoms with E-state index >= 15 is 0 Å². The number of nitrogens with one attached hydrogen (secondary N) is 1. The number of aryl methyl sites for hydroxylation is 1. The molecule has 7 heteroatoms. The number of rotatable bonds is 6. The largest absolute Gasteiger partial charge is 0.369 e. The Bertz CT molecular complexity index is 736. The second-order valence-corrected chi connectivity index (χ2v) is 9.70. The van der Waals surface area contributed by atoms with Crippen LogP contribution in [0.15, 0.2) is 18.3 Å². The van der Waals surface area contributed by atoms with E-state index in [1.54, 1.807) is 0 Å². The van der Waals surface area contributed by atoms with Crippen molar-refractivity contribution in [2.75, 3.05) is 30.3 Å². The Kier molecular flexibility index (Phi) is 4.29. The highest BCUT2D eigenvalue weighted by atomic mass is 32.2. The van der Waals surface area contributed by atoms with Gasteiger partial charge in [0, 0.05) is 37.7 Å². The third-order valence-corrected chi connectivity index (χ3v) is 7.57. The Morgan fingerprint density at radius 2 is 2.28 bits per heavy atom. The molecule has 3 fully saturated rings. The van der Waals surface area contributed by atoms with Crippen molar-refractivity contribution in [3.63, 3.8) is 0 Å². The number of fused-ring (bicyclic) bond motifs is 1. The summed E-state index contributed by atoms with van der Waals surface area (Å²) in [6.45, 7) is 6.18. The van der Waals surface area contributed by atoms with Crippen molar-refractivity contribution in [2.24, 2.45) is 11.8 Å². The Morgan fingerprint density at radius 1 is 1.44 bits per heavy atom. The van der Waals surface area contributed by atoms with Crippen molar-refractivity contribution >= 4 is 15.8 Å². The van der Waals surface area contributed by atoms with E-state index in [0.29, 0.717) is 18.9 Å². The highest BCUT2D eigenvalue weighted by molar-refractivity contribution is 7.89. The van der Waals surface area contributed by atoms with Crippen molar-refractivity contribution in [3.05, 3.63) is 23.9 Å². The Balaban J connectivity index is 1.48. The van der Waals surface area contributed by atoms with Crippen LogP contribution in [0.5, 0.6) is 0 Å². The number of sulfonamides is 1. The van der Waals surface area contributed by atoms with Crippen molar-refractivity contribution in [1.82, 2.24) is 9.71 Å². The molecule has 4 atom stereocenters. The summed E-state index contributed by atoms with van der Waals surface area (Å²) in [5.41, 5.74) is 1.04. The number of hydrogen-bond donors (Lipinski definition) is 1. The normalized spacial score (nSPS) is 33.8. The first-order valence-electron chi connectivity index (χ1n) is 9.25. The molecule has 0 unspecified atom stereocenters. The fourth-order valence-corrected chi connectivity index (χ4v) is 5.98. The van der Waals surface area contributed by atoms with Gasteiger partial charge < -0.3 is 9.64 Å². The number of pyridine rings is 1. The summed E-state index contributed by atoms with van der Waals surface area (Å²) in [6.07, 6.45) is 4.84.